The molecule has 2 aliphatic heterocycles. The number of hydrogen-bond donors (Lipinski definition) is 3. The molecule has 11 aromatic rings. The maximum Gasteiger partial charge on any atom is 0.192 e. The molecule has 3 radical (unpaired) electrons. The standard InChI is InChI=1S/C21H15NOPS.C21H12OPS.C18H18.C16H12OP.C6H6O.C4H9NO.3CH4.3Y/c1-12-11-13(2)20-17(24-23)9-7-15-18(10-8-14(12)21(15)20)25-19-6-4-3-5-16(19)22;1-11-9-12(2)19-16(23-22)10-15-14-5-3-4-6-17(14)24-18-8-7-13(11)21(19)20(15)18;1-10-6-7-15-11(2)8-12(3)17-14(5)9-13(4)16(10)18(15)17;1-9-4-5-13-10(2)8-11(3)15-14(18-17)7-6-12(9)16(13)15;7-6-4-2-1-3-5-6;1-3-6-4-2-5-1;;;;;;/h3-7,9-10H,1-2,11,22H2;3-6,8,10H,1-2,9H2;6-8H,4-5,9H2,1-3H3;4,6-7H,2-3,8H2,1H3;1-5,7H;5H,1-4H2;3*1H4;;;/q2*-1;;-1;;;;;;;;/i;;;;;;3*1T;;;. The van der Waals surface area contributed by atoms with Crippen molar-refractivity contribution in [2.24, 2.45) is 0 Å². The van der Waals surface area contributed by atoms with Crippen molar-refractivity contribution in [2.75, 3.05) is 32.0 Å². The van der Waals surface area contributed by atoms with Gasteiger partial charge in [-0.1, -0.05) is 200 Å². The molecule has 1 saturated heterocycles. The molecule has 4 aliphatic carbocycles. The van der Waals surface area contributed by atoms with Crippen LogP contribution in [0.5, 0.6) is 5.75 Å². The Labute approximate surface area is 708 Å². The minimum atomic E-state index is 0. The molecular formula is C89H84N2O5P3S2Y3-3. The largest absolute Gasteiger partial charge is 0.508 e. The zero-order chi connectivity index (χ0) is 75.2. The number of phenols is 1. The molecule has 17 rings (SSSR count). The van der Waals surface area contributed by atoms with Crippen LogP contribution in [0.4, 0.5) is 5.69 Å². The number of morpholine rings is 1. The second-order valence-electron chi connectivity index (χ2n) is 25.0. The van der Waals surface area contributed by atoms with Crippen LogP contribution in [0.15, 0.2) is 218 Å². The van der Waals surface area contributed by atoms with E-state index in [9.17, 15) is 13.7 Å². The summed E-state index contributed by atoms with van der Waals surface area (Å²) in [6, 6.07) is 57.7. The van der Waals surface area contributed by atoms with Crippen LogP contribution in [-0.4, -0.2) is 31.4 Å². The number of para-hydroxylation sites is 2. The molecule has 7 nitrogen and oxygen atoms in total. The maximum absolute atomic E-state index is 11.9. The number of benzene rings is 11. The number of aryl methyl sites for hydroxylation is 4. The van der Waals surface area contributed by atoms with E-state index in [4.69, 9.17) is 19.7 Å². The van der Waals surface area contributed by atoms with E-state index in [-0.39, 0.29) is 124 Å². The second kappa shape index (κ2) is 38.3. The van der Waals surface area contributed by atoms with Crippen LogP contribution >= 0.6 is 48.9 Å². The Balaban J connectivity index is 0.000000206. The molecule has 4 N–H and O–H groups in total. The van der Waals surface area contributed by atoms with E-state index < -0.39 is 0 Å². The van der Waals surface area contributed by atoms with Gasteiger partial charge in [0.25, 0.3) is 0 Å². The van der Waals surface area contributed by atoms with Gasteiger partial charge in [0.2, 0.25) is 0 Å². The normalized spacial score (nSPS) is 13.9. The zero-order valence-electron chi connectivity index (χ0n) is 63.2. The molecule has 0 aromatic heterocycles. The van der Waals surface area contributed by atoms with Gasteiger partial charge >= 0.3 is 0 Å². The van der Waals surface area contributed by atoms with Crippen LogP contribution in [0, 0.1) is 45.9 Å². The Bertz CT molecular complexity index is 5300. The first kappa shape index (κ1) is 82.3. The number of ether oxygens (including phenoxy) is 1. The predicted molar refractivity (Wildman–Crippen MR) is 440 cm³/mol. The van der Waals surface area contributed by atoms with Crippen molar-refractivity contribution in [3.05, 3.63) is 283 Å². The van der Waals surface area contributed by atoms with E-state index in [2.05, 4.69) is 158 Å². The molecule has 104 heavy (non-hydrogen) atoms. The quantitative estimate of drug-likeness (QED) is 0.0879. The number of hydrogen-bond acceptors (Lipinski definition) is 9. The van der Waals surface area contributed by atoms with Gasteiger partial charge in [0.15, 0.2) is 25.4 Å². The van der Waals surface area contributed by atoms with Gasteiger partial charge in [-0.25, -0.2) is 0 Å². The maximum atomic E-state index is 11.9. The Morgan fingerprint density at radius 1 is 0.462 bits per heavy atom. The second-order valence-corrected chi connectivity index (χ2v) is 29.2. The summed E-state index contributed by atoms with van der Waals surface area (Å²) in [5.41, 5.74) is 31.6. The fourth-order valence-electron chi connectivity index (χ4n) is 14.0. The third kappa shape index (κ3) is 17.7. The summed E-state index contributed by atoms with van der Waals surface area (Å²) in [5, 5.41) is 23.6. The predicted octanol–water partition coefficient (Wildman–Crippen LogP) is 24.2. The minimum Gasteiger partial charge on any atom is -0.508 e. The molecule has 15 heteroatoms. The van der Waals surface area contributed by atoms with Crippen LogP contribution in [0.3, 0.4) is 0 Å². The number of nitrogens with one attached hydrogen (secondary N) is 1. The Morgan fingerprint density at radius 2 is 0.933 bits per heavy atom. The summed E-state index contributed by atoms with van der Waals surface area (Å²) >= 11 is 3.39. The number of phenolic OH excluding ortho intramolecular Hbond substituents is 1. The van der Waals surface area contributed by atoms with Crippen molar-refractivity contribution in [2.45, 2.75) is 95.2 Å². The van der Waals surface area contributed by atoms with E-state index in [0.717, 1.165) is 164 Å². The number of fused-ring (bicyclic) bond motifs is 2. The number of nitrogen functional groups attached to an aromatic ring is 1. The van der Waals surface area contributed by atoms with Crippen LogP contribution in [0.2, 0.25) is 0 Å². The van der Waals surface area contributed by atoms with E-state index in [1.165, 1.54) is 104 Å². The Morgan fingerprint density at radius 3 is 1.48 bits per heavy atom. The van der Waals surface area contributed by atoms with Crippen molar-refractivity contribution < 1.29 is 126 Å². The van der Waals surface area contributed by atoms with E-state index in [0.29, 0.717) is 18.6 Å². The van der Waals surface area contributed by atoms with Crippen LogP contribution in [-0.2, 0) is 117 Å². The summed E-state index contributed by atoms with van der Waals surface area (Å²) in [4.78, 5) is 4.49. The summed E-state index contributed by atoms with van der Waals surface area (Å²) in [6.07, 6.45) is 3.03. The zero-order valence-corrected chi connectivity index (χ0v) is 73.0. The third-order valence-electron chi connectivity index (χ3n) is 18.4. The van der Waals surface area contributed by atoms with Crippen LogP contribution in [0.1, 0.15) is 119 Å². The van der Waals surface area contributed by atoms with Crippen molar-refractivity contribution in [1.82, 2.24) is 5.32 Å². The molecule has 519 valence electrons. The molecule has 0 atom stereocenters. The molecule has 11 aromatic carbocycles. The molecule has 0 bridgehead atoms. The number of rotatable bonds is 5. The minimum absolute atomic E-state index is 0. The van der Waals surface area contributed by atoms with Crippen molar-refractivity contribution in [3.8, 4) is 16.9 Å². The third-order valence-corrected chi connectivity index (χ3v) is 22.3. The Hall–Kier alpha value is -5.79. The smallest absolute Gasteiger partial charge is 0.192 e. The fourth-order valence-corrected chi connectivity index (χ4v) is 17.6. The van der Waals surface area contributed by atoms with Gasteiger partial charge in [-0.3, -0.25) is 13.7 Å². The van der Waals surface area contributed by atoms with E-state index >= 15 is 0 Å². The molecular weight excluding hydrogens is 1600 g/mol. The average Bonchev–Trinajstić information content (AvgIpc) is 0.723. The van der Waals surface area contributed by atoms with Crippen molar-refractivity contribution in [3.63, 3.8) is 0 Å². The van der Waals surface area contributed by atoms with Gasteiger partial charge in [0.05, 0.1) is 13.2 Å². The van der Waals surface area contributed by atoms with Gasteiger partial charge in [0.1, 0.15) is 5.75 Å². The summed E-state index contributed by atoms with van der Waals surface area (Å²) in [5.74, 6) is 0.322. The molecule has 2 heterocycles. The number of aromatic hydroxyl groups is 1. The van der Waals surface area contributed by atoms with E-state index in [1.807, 2.05) is 66.7 Å². The van der Waals surface area contributed by atoms with Crippen LogP contribution < -0.4 is 27.0 Å². The molecule has 0 unspecified atom stereocenters. The summed E-state index contributed by atoms with van der Waals surface area (Å²) < 4.78 is 57.1. The van der Waals surface area contributed by atoms with Crippen molar-refractivity contribution >= 4 is 158 Å². The number of anilines is 1. The fraction of sp³-hybridized carbons (Fsp3) is 0.169. The Kier molecular flexibility index (Phi) is 30.3. The molecule has 1 fully saturated rings. The molecule has 0 amide bonds. The van der Waals surface area contributed by atoms with E-state index in [1.54, 1.807) is 47.8 Å². The summed E-state index contributed by atoms with van der Waals surface area (Å²) in [6.45, 7) is 45.9. The molecule has 6 aliphatic rings. The van der Waals surface area contributed by atoms with Gasteiger partial charge in [0, 0.05) is 147 Å². The molecule has 0 saturated carbocycles. The van der Waals surface area contributed by atoms with Gasteiger partial charge in [-0.15, -0.1) is 119 Å². The first-order valence-electron chi connectivity index (χ1n) is 35.2. The first-order chi connectivity index (χ1) is 50.3. The van der Waals surface area contributed by atoms with Gasteiger partial charge < -0.3 is 20.9 Å². The number of nitrogens with two attached hydrogens (primary N) is 1. The molecule has 0 spiro atoms. The first-order valence-corrected chi connectivity index (χ1v) is 36.2. The SMILES string of the molecule is C1COCCN1.C=C1CC(=C)c2c(C)cc(C)c3ccc(C)c1c23.C=C1CC(=C)c2c(P=O)cc3c4c(c[c-]c1c24)Sc1ccccc1-3.C=C1CC(=C)c2c(P=O)ccc3c(C)c[c-]c1c23.C=C1CC(=C)c2c(P=O)ccc3c(Sc4ccccc4N)c[c-]c1c23.Oc1ccccc1.[3H]C.[3H]C.[3H]C.[Y].[Y].[Y]. The van der Waals surface area contributed by atoms with Gasteiger partial charge in [-0.05, 0) is 173 Å². The number of allylic oxidation sites excluding steroid dienone is 8. The average molecular weight is 1690 g/mol. The summed E-state index contributed by atoms with van der Waals surface area (Å²) in [7, 11) is 3.83. The van der Waals surface area contributed by atoms with Gasteiger partial charge in [-0.2, -0.15) is 0 Å². The van der Waals surface area contributed by atoms with Crippen molar-refractivity contribution in [1.29, 1.82) is 0 Å². The topological polar surface area (TPSA) is 119 Å². The monoisotopic (exact) mass is 1690 g/mol. The van der Waals surface area contributed by atoms with Crippen LogP contribution in [0.25, 0.3) is 98.8 Å².